The average Bonchev–Trinajstić information content (AvgIpc) is 1.71. The lowest BCUT2D eigenvalue weighted by Gasteiger charge is -2.59. The molecule has 0 aromatic rings. The van der Waals surface area contributed by atoms with Crippen LogP contribution in [0.15, 0.2) is 46.6 Å². The van der Waals surface area contributed by atoms with E-state index in [1.54, 1.807) is 22.3 Å². The number of rotatable bonds is 16. The topological polar surface area (TPSA) is 162 Å². The molecule has 10 heteroatoms. The van der Waals surface area contributed by atoms with Gasteiger partial charge in [-0.15, -0.1) is 0 Å². The van der Waals surface area contributed by atoms with Gasteiger partial charge < -0.3 is 40.9 Å². The molecule has 0 heterocycles. The van der Waals surface area contributed by atoms with Gasteiger partial charge in [0.1, 0.15) is 0 Å². The van der Waals surface area contributed by atoms with E-state index in [4.69, 9.17) is 0 Å². The van der Waals surface area contributed by atoms with Crippen molar-refractivity contribution < 1.29 is 44.7 Å². The molecule has 16 aliphatic rings. The number of allylic oxidation sites excluding steroid dienone is 4. The molecule has 16 aliphatic carbocycles. The van der Waals surface area contributed by atoms with Crippen molar-refractivity contribution >= 4 is 12.1 Å². The van der Waals surface area contributed by atoms with E-state index >= 15 is 0 Å². The molecule has 0 saturated heterocycles. The minimum Gasteiger partial charge on any atom is -0.393 e. The van der Waals surface area contributed by atoms with Crippen molar-refractivity contribution in [1.29, 1.82) is 0 Å². The lowest BCUT2D eigenvalue weighted by atomic mass is 9.46. The molecule has 12 saturated carbocycles. The normalized spacial score (nSPS) is 48.0. The second-order valence-corrected chi connectivity index (χ2v) is 49.8. The van der Waals surface area contributed by atoms with E-state index in [2.05, 4.69) is 190 Å². The van der Waals surface area contributed by atoms with E-state index in [9.17, 15) is 44.7 Å². The van der Waals surface area contributed by atoms with Crippen LogP contribution in [0.25, 0.3) is 0 Å². The fourth-order valence-electron chi connectivity index (χ4n) is 35.1. The molecule has 12 fully saturated rings. The monoisotopic (exact) mass is 1680 g/mol. The Morgan fingerprint density at radius 2 is 0.471 bits per heavy atom. The van der Waals surface area contributed by atoms with Crippen LogP contribution < -0.4 is 0 Å². The predicted molar refractivity (Wildman–Crippen MR) is 496 cm³/mol. The summed E-state index contributed by atoms with van der Waals surface area (Å²) in [4.78, 5) is 0. The molecule has 36 atom stereocenters. The third-order valence-corrected chi connectivity index (χ3v) is 43.4. The highest BCUT2D eigenvalue weighted by Crippen LogP contribution is 2.74. The Hall–Kier alpha value is -1.08. The standard InChI is InChI=1S/4C27H46O2.CH3FS/c4*1-7-27(29)15-14-25(5)19(16-27)8-9-20-22-11-10-21(18(4)24(28)17(2)3)26(22,6)13-12-23(20)25;1-3-2/h4*8,17-18,20-24,28-29H,7,9-16H2,1-6H3;1H3/t18-,20-,21+,22-,23-,24?,25-,26+,27-;18-,20-,21+,22-,23-,24+,25-,26+,27-;2*18-,20-,21+,22-,23-,24-,25-,26+,27-;/m0000./s1. The van der Waals surface area contributed by atoms with Crippen LogP contribution >= 0.6 is 12.1 Å². The number of aliphatic hydroxyl groups excluding tert-OH is 4. The summed E-state index contributed by atoms with van der Waals surface area (Å²) >= 11 is 0.250. The molecule has 119 heavy (non-hydrogen) atoms. The third-order valence-electron chi connectivity index (χ3n) is 43.4. The number of hydrogen-bond donors (Lipinski definition) is 8. The summed E-state index contributed by atoms with van der Waals surface area (Å²) in [5, 5.41) is 87.1. The van der Waals surface area contributed by atoms with Crippen molar-refractivity contribution in [2.24, 2.45) is 185 Å². The number of hydrogen-bond acceptors (Lipinski definition) is 9. The minimum absolute atomic E-state index is 0.172. The maximum atomic E-state index is 10.9. The first-order valence-electron chi connectivity index (χ1n) is 51.2. The lowest BCUT2D eigenvalue weighted by molar-refractivity contribution is -0.0838. The van der Waals surface area contributed by atoms with Gasteiger partial charge in [-0.25, -0.2) is 0 Å². The average molecular weight is 1680 g/mol. The molecule has 16 rings (SSSR count). The van der Waals surface area contributed by atoms with E-state index in [1.807, 2.05) is 0 Å². The lowest BCUT2D eigenvalue weighted by Crippen LogP contribution is -2.52. The summed E-state index contributed by atoms with van der Waals surface area (Å²) < 4.78 is 10.2. The maximum absolute atomic E-state index is 10.9. The van der Waals surface area contributed by atoms with Crippen molar-refractivity contribution in [2.75, 3.05) is 6.26 Å². The van der Waals surface area contributed by atoms with Crippen LogP contribution in [0.1, 0.15) is 397 Å². The number of fused-ring (bicyclic) bond motifs is 20. The van der Waals surface area contributed by atoms with E-state index < -0.39 is 22.4 Å². The second-order valence-electron chi connectivity index (χ2n) is 49.5. The number of halogens is 1. The third kappa shape index (κ3) is 17.3. The summed E-state index contributed by atoms with van der Waals surface area (Å²) in [6.45, 7) is 55.7. The highest BCUT2D eigenvalue weighted by Gasteiger charge is 2.66. The zero-order valence-electron chi connectivity index (χ0n) is 81.3. The first-order valence-corrected chi connectivity index (χ1v) is 52.3. The zero-order valence-corrected chi connectivity index (χ0v) is 82.1. The van der Waals surface area contributed by atoms with Gasteiger partial charge in [0.2, 0.25) is 0 Å². The van der Waals surface area contributed by atoms with Crippen LogP contribution in [0.3, 0.4) is 0 Å². The smallest absolute Gasteiger partial charge is 0.0682 e. The zero-order chi connectivity index (χ0) is 87.5. The van der Waals surface area contributed by atoms with Gasteiger partial charge in [0.25, 0.3) is 0 Å². The predicted octanol–water partition coefficient (Wildman–Crippen LogP) is 26.7. The van der Waals surface area contributed by atoms with Crippen LogP contribution in [0, 0.1) is 185 Å². The molecule has 0 spiro atoms. The first kappa shape index (κ1) is 97.0. The maximum Gasteiger partial charge on any atom is 0.0682 e. The molecule has 684 valence electrons. The van der Waals surface area contributed by atoms with Crippen LogP contribution in [-0.4, -0.2) is 93.9 Å². The fraction of sp³-hybridized carbons (Fsp3) is 0.927. The molecular weight excluding hydrogens is 1490 g/mol. The van der Waals surface area contributed by atoms with Gasteiger partial charge in [-0.3, -0.25) is 0 Å². The second kappa shape index (κ2) is 36.3. The van der Waals surface area contributed by atoms with Gasteiger partial charge >= 0.3 is 0 Å². The van der Waals surface area contributed by atoms with Crippen molar-refractivity contribution in [3.63, 3.8) is 0 Å². The fourth-order valence-corrected chi connectivity index (χ4v) is 35.1. The molecule has 0 aromatic heterocycles. The Kier molecular flexibility index (Phi) is 29.6. The van der Waals surface area contributed by atoms with Crippen LogP contribution in [0.2, 0.25) is 0 Å². The van der Waals surface area contributed by atoms with E-state index in [0.717, 1.165) is 148 Å². The van der Waals surface area contributed by atoms with Gasteiger partial charge in [0.05, 0.1) is 46.8 Å². The Morgan fingerprint density at radius 1 is 0.294 bits per heavy atom. The highest BCUT2D eigenvalue weighted by molar-refractivity contribution is 7.93. The Balaban J connectivity index is 0.000000144. The van der Waals surface area contributed by atoms with Gasteiger partial charge in [-0.1, -0.05) is 213 Å². The van der Waals surface area contributed by atoms with E-state index in [0.29, 0.717) is 114 Å². The molecule has 0 aliphatic heterocycles. The largest absolute Gasteiger partial charge is 0.393 e. The summed E-state index contributed by atoms with van der Waals surface area (Å²) in [6, 6.07) is 0. The van der Waals surface area contributed by atoms with Gasteiger partial charge in [0, 0.05) is 18.4 Å². The van der Waals surface area contributed by atoms with Crippen molar-refractivity contribution in [1.82, 2.24) is 0 Å². The van der Waals surface area contributed by atoms with Gasteiger partial charge in [-0.2, -0.15) is 3.89 Å². The van der Waals surface area contributed by atoms with Crippen LogP contribution in [0.4, 0.5) is 3.89 Å². The molecular formula is C109H187FO8S. The molecule has 0 amide bonds. The number of aliphatic hydroxyl groups is 8. The van der Waals surface area contributed by atoms with Gasteiger partial charge in [0.15, 0.2) is 0 Å². The molecule has 8 nitrogen and oxygen atoms in total. The molecule has 0 bridgehead atoms. The van der Waals surface area contributed by atoms with Crippen molar-refractivity contribution in [2.45, 2.75) is 444 Å². The molecule has 8 N–H and O–H groups in total. The quantitative estimate of drug-likeness (QED) is 0.0704. The summed E-state index contributed by atoms with van der Waals surface area (Å²) in [5.41, 5.74) is 7.34. The first-order chi connectivity index (χ1) is 55.6. The van der Waals surface area contributed by atoms with E-state index in [-0.39, 0.29) is 36.6 Å². The van der Waals surface area contributed by atoms with Crippen LogP contribution in [0.5, 0.6) is 0 Å². The summed E-state index contributed by atoms with van der Waals surface area (Å²) in [5.74, 6) is 15.4. The minimum atomic E-state index is -0.456. The molecule has 0 radical (unpaired) electrons. The molecule has 1 unspecified atom stereocenters. The molecule has 0 aromatic carbocycles. The Labute approximate surface area is 734 Å². The Morgan fingerprint density at radius 3 is 0.630 bits per heavy atom. The highest BCUT2D eigenvalue weighted by atomic mass is 32.2. The van der Waals surface area contributed by atoms with Crippen LogP contribution in [-0.2, 0) is 0 Å². The van der Waals surface area contributed by atoms with Gasteiger partial charge in [-0.05, 0) is 416 Å². The van der Waals surface area contributed by atoms with E-state index in [1.165, 1.54) is 160 Å². The van der Waals surface area contributed by atoms with Crippen molar-refractivity contribution in [3.05, 3.63) is 46.6 Å². The Bertz CT molecular complexity index is 3090. The SMILES string of the molecule is CC[C@]1(O)CC[C@@]2(C)C(=CC[C@H]3[C@@H]4CC[C@H]([C@H](C)C(O)C(C)C)[C@@]4(C)CC[C@@H]32)C1.CC[C@]1(O)CC[C@@]2(C)C(=CC[C@H]3[C@@H]4CC[C@H]([C@H](C)[C@@H](O)C(C)C)[C@@]4(C)CC[C@@H]32)C1.CC[C@]1(O)CC[C@@]2(C)C(=CC[C@H]3[C@@H]4CC[C@H]([C@H](C)[C@@H](O)C(C)C)[C@@]4(C)CC[C@@H]32)C1.CC[C@]1(O)CC[C@@]2(C)C(=CC[C@H]3[C@@H]4CC[C@H]([C@H](C)[C@H](O)C(C)C)[C@@]4(C)CC[C@@H]32)C1.CSF. The van der Waals surface area contributed by atoms with Crippen molar-refractivity contribution in [3.8, 4) is 0 Å². The summed E-state index contributed by atoms with van der Waals surface area (Å²) in [6.07, 6.45) is 52.9. The summed E-state index contributed by atoms with van der Waals surface area (Å²) in [7, 11) is 0.